The molecule has 3 aromatic rings. The van der Waals surface area contributed by atoms with Gasteiger partial charge in [0.1, 0.15) is 42.2 Å². The van der Waals surface area contributed by atoms with E-state index >= 15 is 13.2 Å². The van der Waals surface area contributed by atoms with Gasteiger partial charge in [0.05, 0.1) is 6.61 Å². The fourth-order valence-corrected chi connectivity index (χ4v) is 6.53. The van der Waals surface area contributed by atoms with Crippen LogP contribution in [0.25, 0.3) is 18.2 Å². The zero-order valence-corrected chi connectivity index (χ0v) is 29.2. The molecule has 0 spiro atoms. The molecular weight excluding hydrogens is 674 g/mol. The predicted molar refractivity (Wildman–Crippen MR) is 192 cm³/mol. The Hall–Kier alpha value is -5.28. The summed E-state index contributed by atoms with van der Waals surface area (Å²) in [5.74, 6) is 0.0442. The fourth-order valence-electron chi connectivity index (χ4n) is 5.72. The van der Waals surface area contributed by atoms with Crippen molar-refractivity contribution in [2.24, 2.45) is 0 Å². The standard InChI is InChI=1S/C40H37F3N4O3S/c1-3-5-20-47(21-6-4-2)31-14-12-28(37(22-31)49-27-32-26-48-32)13-15-33-16-17-34(51-33)18-19-36-35(25-46)38(29(23-44)24-45)50-39(36,40(41,42)43)30-10-8-7-9-11-30/h7-19,22,32H,3-6,20-21,26-27H2,1-2H3/b15-13+,19-18+. The molecule has 2 aliphatic rings. The highest BCUT2D eigenvalue weighted by atomic mass is 32.1. The third kappa shape index (κ3) is 8.37. The van der Waals surface area contributed by atoms with Crippen molar-refractivity contribution in [3.05, 3.63) is 110 Å². The molecule has 11 heteroatoms. The molecule has 0 saturated carbocycles. The van der Waals surface area contributed by atoms with Crippen LogP contribution in [0.5, 0.6) is 5.75 Å². The number of unbranched alkanes of at least 4 members (excludes halogenated alkanes) is 2. The molecule has 0 aliphatic carbocycles. The lowest BCUT2D eigenvalue weighted by atomic mass is 9.84. The highest BCUT2D eigenvalue weighted by Crippen LogP contribution is 2.56. The molecule has 1 fully saturated rings. The van der Waals surface area contributed by atoms with Crippen LogP contribution in [0.15, 0.2) is 89.2 Å². The Morgan fingerprint density at radius 1 is 0.941 bits per heavy atom. The number of epoxide rings is 1. The molecule has 2 aromatic carbocycles. The average Bonchev–Trinajstić information content (AvgIpc) is 3.75. The van der Waals surface area contributed by atoms with Crippen LogP contribution >= 0.6 is 11.3 Å². The lowest BCUT2D eigenvalue weighted by Crippen LogP contribution is -2.43. The monoisotopic (exact) mass is 710 g/mol. The number of allylic oxidation sites excluding steroid dienone is 2. The zero-order chi connectivity index (χ0) is 36.4. The Labute approximate surface area is 300 Å². The fraction of sp³-hybridized carbons (Fsp3) is 0.325. The number of thiophene rings is 1. The van der Waals surface area contributed by atoms with Crippen molar-refractivity contribution in [3.8, 4) is 24.0 Å². The third-order valence-electron chi connectivity index (χ3n) is 8.51. The van der Waals surface area contributed by atoms with Crippen LogP contribution in [0.1, 0.15) is 60.4 Å². The summed E-state index contributed by atoms with van der Waals surface area (Å²) in [6, 6.07) is 21.6. The summed E-state index contributed by atoms with van der Waals surface area (Å²) in [5, 5.41) is 29.0. The molecule has 2 aliphatic heterocycles. The lowest BCUT2D eigenvalue weighted by Gasteiger charge is -2.33. The summed E-state index contributed by atoms with van der Waals surface area (Å²) in [4.78, 5) is 3.84. The molecule has 0 N–H and O–H groups in total. The number of nitriles is 3. The first-order valence-corrected chi connectivity index (χ1v) is 17.6. The first-order chi connectivity index (χ1) is 24.7. The van der Waals surface area contributed by atoms with Crippen LogP contribution in [-0.4, -0.2) is 38.6 Å². The molecule has 262 valence electrons. The van der Waals surface area contributed by atoms with E-state index in [1.54, 1.807) is 30.3 Å². The van der Waals surface area contributed by atoms with E-state index in [1.807, 2.05) is 24.3 Å². The molecule has 0 radical (unpaired) electrons. The SMILES string of the molecule is CCCCN(CCCC)c1ccc(/C=C/c2ccc(/C=C/C3=C(C#N)C(=C(C#N)C#N)OC3(c3ccccc3)C(F)(F)F)s2)c(OCC2CO2)c1. The van der Waals surface area contributed by atoms with Crippen LogP contribution in [0, 0.1) is 34.0 Å². The molecule has 1 aromatic heterocycles. The van der Waals surface area contributed by atoms with E-state index in [-0.39, 0.29) is 11.7 Å². The first-order valence-electron chi connectivity index (χ1n) is 16.8. The number of hydrogen-bond donors (Lipinski definition) is 0. The number of ether oxygens (including phenoxy) is 3. The van der Waals surface area contributed by atoms with E-state index in [0.717, 1.165) is 60.7 Å². The molecule has 5 rings (SSSR count). The van der Waals surface area contributed by atoms with E-state index in [4.69, 9.17) is 14.2 Å². The highest BCUT2D eigenvalue weighted by Gasteiger charge is 2.65. The molecule has 1 saturated heterocycles. The Balaban J connectivity index is 1.47. The number of rotatable bonds is 15. The van der Waals surface area contributed by atoms with Crippen molar-refractivity contribution >= 4 is 35.3 Å². The van der Waals surface area contributed by atoms with Crippen molar-refractivity contribution in [2.45, 2.75) is 57.4 Å². The molecule has 51 heavy (non-hydrogen) atoms. The number of nitrogens with zero attached hydrogens (tertiary/aromatic N) is 4. The molecule has 2 atom stereocenters. The summed E-state index contributed by atoms with van der Waals surface area (Å²) >= 11 is 1.34. The van der Waals surface area contributed by atoms with E-state index in [2.05, 4.69) is 30.9 Å². The Morgan fingerprint density at radius 3 is 2.16 bits per heavy atom. The number of hydrogen-bond acceptors (Lipinski definition) is 8. The van der Waals surface area contributed by atoms with Crippen LogP contribution in [0.4, 0.5) is 18.9 Å². The quantitative estimate of drug-likeness (QED) is 0.114. The van der Waals surface area contributed by atoms with Gasteiger partial charge in [0.25, 0.3) is 5.60 Å². The predicted octanol–water partition coefficient (Wildman–Crippen LogP) is 9.73. The molecule has 3 heterocycles. The number of halogens is 3. The maximum atomic E-state index is 15.1. The largest absolute Gasteiger partial charge is 0.490 e. The van der Waals surface area contributed by atoms with Gasteiger partial charge in [0, 0.05) is 51.3 Å². The minimum Gasteiger partial charge on any atom is -0.490 e. The molecule has 0 amide bonds. The summed E-state index contributed by atoms with van der Waals surface area (Å²) in [6.45, 7) is 7.43. The van der Waals surface area contributed by atoms with Gasteiger partial charge in [-0.2, -0.15) is 29.0 Å². The minimum absolute atomic E-state index is 0.0891. The van der Waals surface area contributed by atoms with Crippen molar-refractivity contribution < 1.29 is 27.4 Å². The van der Waals surface area contributed by atoms with Crippen molar-refractivity contribution in [1.29, 1.82) is 15.8 Å². The van der Waals surface area contributed by atoms with Gasteiger partial charge in [-0.3, -0.25) is 0 Å². The second-order valence-corrected chi connectivity index (χ2v) is 13.2. The number of benzene rings is 2. The second kappa shape index (κ2) is 16.6. The van der Waals surface area contributed by atoms with Crippen molar-refractivity contribution in [3.63, 3.8) is 0 Å². The summed E-state index contributed by atoms with van der Waals surface area (Å²) < 4.78 is 62.3. The van der Waals surface area contributed by atoms with Crippen molar-refractivity contribution in [1.82, 2.24) is 0 Å². The maximum Gasteiger partial charge on any atom is 0.437 e. The van der Waals surface area contributed by atoms with Crippen LogP contribution in [0.3, 0.4) is 0 Å². The van der Waals surface area contributed by atoms with Crippen molar-refractivity contribution in [2.75, 3.05) is 31.2 Å². The number of alkyl halides is 3. The van der Waals surface area contributed by atoms with Crippen LogP contribution in [-0.2, 0) is 15.1 Å². The van der Waals surface area contributed by atoms with Gasteiger partial charge < -0.3 is 19.1 Å². The van der Waals surface area contributed by atoms with Gasteiger partial charge in [-0.1, -0.05) is 63.1 Å². The second-order valence-electron chi connectivity index (χ2n) is 12.1. The van der Waals surface area contributed by atoms with E-state index in [0.29, 0.717) is 18.1 Å². The molecule has 2 unspecified atom stereocenters. The molecular formula is C40H37F3N4O3S. The van der Waals surface area contributed by atoms with Crippen LogP contribution < -0.4 is 9.64 Å². The zero-order valence-electron chi connectivity index (χ0n) is 28.4. The smallest absolute Gasteiger partial charge is 0.437 e. The summed E-state index contributed by atoms with van der Waals surface area (Å²) in [6.07, 6.45) is 5.95. The minimum atomic E-state index is -5.05. The van der Waals surface area contributed by atoms with Gasteiger partial charge in [0.2, 0.25) is 0 Å². The van der Waals surface area contributed by atoms with Gasteiger partial charge in [-0.15, -0.1) is 11.3 Å². The summed E-state index contributed by atoms with van der Waals surface area (Å²) in [5.41, 5.74) is -3.18. The Kier molecular flexibility index (Phi) is 12.1. The molecule has 0 bridgehead atoms. The molecule has 7 nitrogen and oxygen atoms in total. The van der Waals surface area contributed by atoms with Gasteiger partial charge >= 0.3 is 6.18 Å². The lowest BCUT2D eigenvalue weighted by molar-refractivity contribution is -0.249. The first kappa shape index (κ1) is 37.0. The Morgan fingerprint density at radius 2 is 1.59 bits per heavy atom. The third-order valence-corrected chi connectivity index (χ3v) is 9.53. The van der Waals surface area contributed by atoms with E-state index in [1.165, 1.54) is 47.8 Å². The van der Waals surface area contributed by atoms with Gasteiger partial charge in [-0.25, -0.2) is 0 Å². The highest BCUT2D eigenvalue weighted by molar-refractivity contribution is 7.13. The Bertz CT molecular complexity index is 1930. The average molecular weight is 711 g/mol. The number of anilines is 1. The van der Waals surface area contributed by atoms with E-state index < -0.39 is 34.3 Å². The van der Waals surface area contributed by atoms with Crippen LogP contribution in [0.2, 0.25) is 0 Å². The topological polar surface area (TPSA) is 106 Å². The normalized spacial score (nSPS) is 18.4. The summed E-state index contributed by atoms with van der Waals surface area (Å²) in [7, 11) is 0. The maximum absolute atomic E-state index is 15.1. The van der Waals surface area contributed by atoms with E-state index in [9.17, 15) is 15.8 Å². The van der Waals surface area contributed by atoms with Gasteiger partial charge in [-0.05, 0) is 55.3 Å². The van der Waals surface area contributed by atoms with Gasteiger partial charge in [0.15, 0.2) is 11.3 Å².